The summed E-state index contributed by atoms with van der Waals surface area (Å²) < 4.78 is 79.3. The predicted molar refractivity (Wildman–Crippen MR) is 115 cm³/mol. The van der Waals surface area contributed by atoms with Gasteiger partial charge in [0, 0.05) is 12.6 Å². The highest BCUT2D eigenvalue weighted by atomic mass is 35.5. The standard InChI is InChI=1S/C22H17ClF5N3O4/c1-10(22(26,27)28)35-18-8-11(16-9-17(21(33)34-3)31(2)30-16)15(25)7-12(18)20(32)29-19-13(23)5-4-6-14(19)24/h4-10H,1-3H3,(H,29,32)/t10-/m0/s1. The van der Waals surface area contributed by atoms with Crippen molar-refractivity contribution in [2.24, 2.45) is 7.05 Å². The number of para-hydroxylation sites is 1. The van der Waals surface area contributed by atoms with Crippen molar-refractivity contribution in [1.29, 1.82) is 0 Å². The Labute approximate surface area is 200 Å². The molecule has 3 rings (SSSR count). The minimum Gasteiger partial charge on any atom is -0.480 e. The van der Waals surface area contributed by atoms with Gasteiger partial charge in [0.1, 0.15) is 23.1 Å². The molecule has 0 aliphatic heterocycles. The summed E-state index contributed by atoms with van der Waals surface area (Å²) in [6.45, 7) is 0.689. The maximum absolute atomic E-state index is 15.0. The Hall–Kier alpha value is -3.67. The molecule has 1 N–H and O–H groups in total. The highest BCUT2D eigenvalue weighted by molar-refractivity contribution is 6.34. The minimum atomic E-state index is -4.82. The van der Waals surface area contributed by atoms with Crippen LogP contribution < -0.4 is 10.1 Å². The molecule has 2 aromatic carbocycles. The van der Waals surface area contributed by atoms with Gasteiger partial charge in [0.25, 0.3) is 5.91 Å². The number of aromatic nitrogens is 2. The number of carbonyl (C=O) groups is 2. The van der Waals surface area contributed by atoms with Crippen LogP contribution in [0.2, 0.25) is 5.02 Å². The summed E-state index contributed by atoms with van der Waals surface area (Å²) >= 11 is 5.88. The molecule has 13 heteroatoms. The first-order valence-electron chi connectivity index (χ1n) is 9.78. The first kappa shape index (κ1) is 25.9. The molecule has 3 aromatic rings. The molecule has 0 aliphatic rings. The van der Waals surface area contributed by atoms with E-state index in [-0.39, 0.29) is 22.0 Å². The number of nitrogens with one attached hydrogen (secondary N) is 1. The third-order valence-electron chi connectivity index (χ3n) is 4.83. The second kappa shape index (κ2) is 9.90. The van der Waals surface area contributed by atoms with Gasteiger partial charge >= 0.3 is 12.1 Å². The minimum absolute atomic E-state index is 0.0657. The second-order valence-corrected chi connectivity index (χ2v) is 7.62. The lowest BCUT2D eigenvalue weighted by atomic mass is 10.1. The molecule has 0 saturated carbocycles. The summed E-state index contributed by atoms with van der Waals surface area (Å²) in [5.41, 5.74) is -1.68. The van der Waals surface area contributed by atoms with Crippen LogP contribution in [0.3, 0.4) is 0 Å². The highest BCUT2D eigenvalue weighted by Gasteiger charge is 2.39. The number of amides is 1. The third-order valence-corrected chi connectivity index (χ3v) is 5.15. The lowest BCUT2D eigenvalue weighted by Crippen LogP contribution is -2.32. The number of nitrogens with zero attached hydrogens (tertiary/aromatic N) is 2. The summed E-state index contributed by atoms with van der Waals surface area (Å²) in [5, 5.41) is 5.90. The largest absolute Gasteiger partial charge is 0.480 e. The number of alkyl halides is 3. The molecule has 186 valence electrons. The van der Waals surface area contributed by atoms with Crippen molar-refractivity contribution in [3.8, 4) is 17.0 Å². The van der Waals surface area contributed by atoms with Crippen LogP contribution in [0.5, 0.6) is 5.75 Å². The molecule has 35 heavy (non-hydrogen) atoms. The Morgan fingerprint density at radius 1 is 1.14 bits per heavy atom. The molecule has 0 unspecified atom stereocenters. The number of methoxy groups -OCH3 is 1. The van der Waals surface area contributed by atoms with Crippen molar-refractivity contribution in [3.05, 3.63) is 64.3 Å². The zero-order chi connectivity index (χ0) is 26.1. The second-order valence-electron chi connectivity index (χ2n) is 7.21. The van der Waals surface area contributed by atoms with E-state index in [0.29, 0.717) is 13.0 Å². The zero-order valence-corrected chi connectivity index (χ0v) is 19.1. The van der Waals surface area contributed by atoms with E-state index in [1.54, 1.807) is 0 Å². The van der Waals surface area contributed by atoms with E-state index in [9.17, 15) is 27.2 Å². The fourth-order valence-corrected chi connectivity index (χ4v) is 3.18. The number of halogens is 6. The molecule has 0 aliphatic carbocycles. The van der Waals surface area contributed by atoms with Gasteiger partial charge < -0.3 is 14.8 Å². The molecular formula is C22H17ClF5N3O4. The van der Waals surface area contributed by atoms with E-state index < -0.39 is 52.8 Å². The van der Waals surface area contributed by atoms with Crippen LogP contribution in [0.25, 0.3) is 11.3 Å². The number of hydrogen-bond donors (Lipinski definition) is 1. The van der Waals surface area contributed by atoms with Crippen molar-refractivity contribution in [3.63, 3.8) is 0 Å². The van der Waals surface area contributed by atoms with E-state index in [4.69, 9.17) is 16.3 Å². The lowest BCUT2D eigenvalue weighted by molar-refractivity contribution is -0.189. The fourth-order valence-electron chi connectivity index (χ4n) is 2.97. The van der Waals surface area contributed by atoms with Crippen LogP contribution in [0.4, 0.5) is 27.6 Å². The fraction of sp³-hybridized carbons (Fsp3) is 0.227. The van der Waals surface area contributed by atoms with Crippen LogP contribution in [0.1, 0.15) is 27.8 Å². The van der Waals surface area contributed by atoms with Gasteiger partial charge in [-0.15, -0.1) is 0 Å². The van der Waals surface area contributed by atoms with E-state index in [2.05, 4.69) is 15.2 Å². The number of ether oxygens (including phenoxy) is 2. The molecule has 1 atom stereocenters. The van der Waals surface area contributed by atoms with Crippen LogP contribution in [-0.4, -0.2) is 41.0 Å². The number of esters is 1. The van der Waals surface area contributed by atoms with Crippen molar-refractivity contribution >= 4 is 29.2 Å². The molecule has 1 heterocycles. The Morgan fingerprint density at radius 2 is 1.83 bits per heavy atom. The average Bonchev–Trinajstić information content (AvgIpc) is 3.17. The smallest absolute Gasteiger partial charge is 0.425 e. The topological polar surface area (TPSA) is 82.4 Å². The van der Waals surface area contributed by atoms with Crippen LogP contribution in [0.15, 0.2) is 36.4 Å². The molecule has 1 aromatic heterocycles. The predicted octanol–water partition coefficient (Wildman–Crippen LogP) is 5.39. The summed E-state index contributed by atoms with van der Waals surface area (Å²) in [4.78, 5) is 24.6. The Bertz CT molecular complexity index is 1270. The number of carbonyl (C=O) groups excluding carboxylic acids is 2. The van der Waals surface area contributed by atoms with Crippen LogP contribution >= 0.6 is 11.6 Å². The molecular weight excluding hydrogens is 501 g/mol. The van der Waals surface area contributed by atoms with Crippen LogP contribution in [0, 0.1) is 11.6 Å². The Kier molecular flexibility index (Phi) is 7.34. The molecule has 0 bridgehead atoms. The Morgan fingerprint density at radius 3 is 2.43 bits per heavy atom. The van der Waals surface area contributed by atoms with Crippen molar-refractivity contribution in [2.75, 3.05) is 12.4 Å². The Balaban J connectivity index is 2.11. The maximum Gasteiger partial charge on any atom is 0.425 e. The molecule has 0 saturated heterocycles. The van der Waals surface area contributed by atoms with Crippen molar-refractivity contribution in [2.45, 2.75) is 19.2 Å². The van der Waals surface area contributed by atoms with E-state index in [0.717, 1.165) is 30.0 Å². The third kappa shape index (κ3) is 5.53. The van der Waals surface area contributed by atoms with E-state index >= 15 is 4.39 Å². The highest BCUT2D eigenvalue weighted by Crippen LogP contribution is 2.34. The zero-order valence-electron chi connectivity index (χ0n) is 18.3. The summed E-state index contributed by atoms with van der Waals surface area (Å²) in [5.74, 6) is -4.62. The summed E-state index contributed by atoms with van der Waals surface area (Å²) in [6.07, 6.45) is -7.21. The van der Waals surface area contributed by atoms with Gasteiger partial charge in [0.05, 0.1) is 29.1 Å². The number of aryl methyl sites for hydroxylation is 1. The van der Waals surface area contributed by atoms with Crippen molar-refractivity contribution < 1.29 is 41.0 Å². The molecule has 0 spiro atoms. The molecule has 7 nitrogen and oxygen atoms in total. The van der Waals surface area contributed by atoms with Gasteiger partial charge in [0.15, 0.2) is 6.10 Å². The number of benzene rings is 2. The number of hydrogen-bond acceptors (Lipinski definition) is 5. The lowest BCUT2D eigenvalue weighted by Gasteiger charge is -2.20. The molecule has 1 amide bonds. The van der Waals surface area contributed by atoms with Gasteiger partial charge in [-0.3, -0.25) is 9.48 Å². The van der Waals surface area contributed by atoms with Gasteiger partial charge in [-0.25, -0.2) is 13.6 Å². The SMILES string of the molecule is COC(=O)c1cc(-c2cc(O[C@@H](C)C(F)(F)F)c(C(=O)Nc3c(F)cccc3Cl)cc2F)nn1C. The monoisotopic (exact) mass is 517 g/mol. The number of rotatable bonds is 6. The van der Waals surface area contributed by atoms with Crippen molar-refractivity contribution in [1.82, 2.24) is 9.78 Å². The quantitative estimate of drug-likeness (QED) is 0.350. The summed E-state index contributed by atoms with van der Waals surface area (Å²) in [6, 6.07) is 6.14. The molecule has 0 radical (unpaired) electrons. The van der Waals surface area contributed by atoms with Gasteiger partial charge in [-0.05, 0) is 37.3 Å². The summed E-state index contributed by atoms with van der Waals surface area (Å²) in [7, 11) is 2.49. The normalized spacial score (nSPS) is 12.3. The van der Waals surface area contributed by atoms with Gasteiger partial charge in [0.2, 0.25) is 0 Å². The van der Waals surface area contributed by atoms with Gasteiger partial charge in [-0.1, -0.05) is 17.7 Å². The first-order chi connectivity index (χ1) is 16.3. The average molecular weight is 518 g/mol. The maximum atomic E-state index is 15.0. The molecule has 0 fully saturated rings. The number of anilines is 1. The van der Waals surface area contributed by atoms with E-state index in [1.165, 1.54) is 19.2 Å². The first-order valence-corrected chi connectivity index (χ1v) is 10.2. The van der Waals surface area contributed by atoms with Crippen LogP contribution in [-0.2, 0) is 11.8 Å². The van der Waals surface area contributed by atoms with E-state index in [1.807, 2.05) is 0 Å². The van der Waals surface area contributed by atoms with Gasteiger partial charge in [-0.2, -0.15) is 18.3 Å².